The molecule has 0 saturated carbocycles. The van der Waals surface area contributed by atoms with Crippen molar-refractivity contribution in [2.75, 3.05) is 19.8 Å². The van der Waals surface area contributed by atoms with Gasteiger partial charge in [-0.1, -0.05) is 32.6 Å². The van der Waals surface area contributed by atoms with E-state index in [9.17, 15) is 25.2 Å². The van der Waals surface area contributed by atoms with Crippen molar-refractivity contribution in [1.29, 1.82) is 0 Å². The molecule has 200 valence electrons. The van der Waals surface area contributed by atoms with Crippen molar-refractivity contribution in [3.05, 3.63) is 18.7 Å². The molecule has 13 heteroatoms. The molecule has 0 bridgehead atoms. The van der Waals surface area contributed by atoms with E-state index in [-0.39, 0.29) is 0 Å². The summed E-state index contributed by atoms with van der Waals surface area (Å²) in [6, 6.07) is 0.873. The van der Waals surface area contributed by atoms with Gasteiger partial charge in [-0.2, -0.15) is 0 Å². The van der Waals surface area contributed by atoms with Gasteiger partial charge in [-0.25, -0.2) is 9.13 Å². The van der Waals surface area contributed by atoms with Gasteiger partial charge in [0.2, 0.25) is 6.33 Å². The normalized spacial score (nSPS) is 14.4. The van der Waals surface area contributed by atoms with E-state index in [1.165, 1.54) is 38.5 Å². The fourth-order valence-electron chi connectivity index (χ4n) is 3.26. The topological polar surface area (TPSA) is 36.5 Å². The molecule has 0 saturated heterocycles. The molecule has 1 aromatic heterocycles. The molecular weight excluding hydrogens is 489 g/mol. The molecule has 0 N–H and O–H groups in total. The summed E-state index contributed by atoms with van der Waals surface area (Å²) in [6.45, 7) is 12.3. The standard InChI is InChI=1S/C20H41N2O3Si.F6P/c1-5-9-10-11-12-13-15-21-17-18-22(20-21)16-14-19-26(23-6-2,24-7-3)25-8-4;1-7(2,3,4,5)6/h17-18,20H,5-16,19H2,1-4H3;/q+1;-1. The van der Waals surface area contributed by atoms with Crippen LogP contribution in [0, 0.1) is 0 Å². The Morgan fingerprint density at radius 1 is 0.758 bits per heavy atom. The maximum atomic E-state index is 9.87. The van der Waals surface area contributed by atoms with Gasteiger partial charge in [-0.15, -0.1) is 0 Å². The Morgan fingerprint density at radius 3 is 1.73 bits per heavy atom. The number of rotatable bonds is 17. The molecule has 0 aromatic carbocycles. The average molecular weight is 531 g/mol. The summed E-state index contributed by atoms with van der Waals surface area (Å²) in [4.78, 5) is 0. The molecule has 0 fully saturated rings. The Kier molecular flexibility index (Phi) is 13.7. The first-order valence-corrected chi connectivity index (χ1v) is 15.6. The van der Waals surface area contributed by atoms with Gasteiger partial charge in [0, 0.05) is 25.9 Å². The number of nitrogens with zero attached hydrogens (tertiary/aromatic N) is 2. The summed E-state index contributed by atoms with van der Waals surface area (Å²) < 4.78 is 81.5. The van der Waals surface area contributed by atoms with Gasteiger partial charge < -0.3 is 13.3 Å². The molecular formula is C20H41F6N2O3PSi. The number of aromatic nitrogens is 2. The van der Waals surface area contributed by atoms with Gasteiger partial charge in [0.05, 0.1) is 13.1 Å². The fraction of sp³-hybridized carbons (Fsp3) is 0.850. The van der Waals surface area contributed by atoms with E-state index in [1.807, 2.05) is 20.8 Å². The number of halogens is 6. The summed E-state index contributed by atoms with van der Waals surface area (Å²) >= 11 is 0. The predicted molar refractivity (Wildman–Crippen MR) is 122 cm³/mol. The quantitative estimate of drug-likeness (QED) is 0.0674. The van der Waals surface area contributed by atoms with Crippen LogP contribution in [-0.2, 0) is 26.4 Å². The second-order valence-electron chi connectivity index (χ2n) is 7.70. The Hall–Kier alpha value is -0.683. The summed E-state index contributed by atoms with van der Waals surface area (Å²) in [6.07, 6.45) is 15.6. The first kappa shape index (κ1) is 32.3. The Labute approximate surface area is 195 Å². The van der Waals surface area contributed by atoms with Gasteiger partial charge >= 0.3 is 41.8 Å². The zero-order chi connectivity index (χ0) is 25.5. The Balaban J connectivity index is 0.00000126. The van der Waals surface area contributed by atoms with Gasteiger partial charge in [0.1, 0.15) is 12.4 Å². The SMILES string of the molecule is CCCCCCCCn1cc[n+](CCC[Si](OCC)(OCC)OCC)c1.F[P-](F)(F)(F)(F)F. The molecule has 1 aromatic rings. The molecule has 0 aliphatic carbocycles. The third-order valence-electron chi connectivity index (χ3n) is 4.51. The zero-order valence-electron chi connectivity index (χ0n) is 20.3. The van der Waals surface area contributed by atoms with Gasteiger partial charge in [-0.3, -0.25) is 0 Å². The van der Waals surface area contributed by atoms with Crippen molar-refractivity contribution < 1.29 is 43.0 Å². The second kappa shape index (κ2) is 14.0. The van der Waals surface area contributed by atoms with E-state index in [0.29, 0.717) is 19.8 Å². The molecule has 5 nitrogen and oxygen atoms in total. The molecule has 0 aliphatic rings. The van der Waals surface area contributed by atoms with E-state index in [4.69, 9.17) is 13.3 Å². The monoisotopic (exact) mass is 530 g/mol. The van der Waals surface area contributed by atoms with Crippen molar-refractivity contribution >= 4 is 16.6 Å². The maximum absolute atomic E-state index is 10.7. The van der Waals surface area contributed by atoms with Crippen LogP contribution >= 0.6 is 7.81 Å². The Morgan fingerprint density at radius 2 is 1.24 bits per heavy atom. The Bertz CT molecular complexity index is 618. The van der Waals surface area contributed by atoms with Crippen LogP contribution in [0.2, 0.25) is 6.04 Å². The van der Waals surface area contributed by atoms with E-state index in [0.717, 1.165) is 25.6 Å². The van der Waals surface area contributed by atoms with Gasteiger partial charge in [0.25, 0.3) is 0 Å². The van der Waals surface area contributed by atoms with E-state index < -0.39 is 16.6 Å². The second-order valence-corrected chi connectivity index (χ2v) is 12.3. The van der Waals surface area contributed by atoms with Gasteiger partial charge in [0.15, 0.2) is 0 Å². The number of imidazole rings is 1. The molecule has 33 heavy (non-hydrogen) atoms. The minimum atomic E-state index is -10.7. The number of unbranched alkanes of at least 4 members (excludes halogenated alkanes) is 5. The van der Waals surface area contributed by atoms with E-state index >= 15 is 0 Å². The van der Waals surface area contributed by atoms with Crippen molar-refractivity contribution in [2.45, 2.75) is 91.8 Å². The van der Waals surface area contributed by atoms with Crippen LogP contribution in [-0.4, -0.2) is 33.2 Å². The number of hydrogen-bond acceptors (Lipinski definition) is 3. The first-order valence-electron chi connectivity index (χ1n) is 11.7. The van der Waals surface area contributed by atoms with Crippen LogP contribution in [0.4, 0.5) is 25.2 Å². The summed E-state index contributed by atoms with van der Waals surface area (Å²) in [5, 5.41) is 0. The molecule has 0 amide bonds. The van der Waals surface area contributed by atoms with E-state index in [2.05, 4.69) is 34.8 Å². The first-order chi connectivity index (χ1) is 15.1. The molecule has 0 radical (unpaired) electrons. The molecule has 0 spiro atoms. The van der Waals surface area contributed by atoms with Gasteiger partial charge in [-0.05, 0) is 40.0 Å². The minimum absolute atomic E-state index is 0.647. The van der Waals surface area contributed by atoms with Crippen LogP contribution in [0.15, 0.2) is 18.7 Å². The fourth-order valence-corrected chi connectivity index (χ4v) is 5.85. The van der Waals surface area contributed by atoms with Crippen LogP contribution in [0.3, 0.4) is 0 Å². The molecule has 0 unspecified atom stereocenters. The average Bonchev–Trinajstić information content (AvgIpc) is 3.10. The predicted octanol–water partition coefficient (Wildman–Crippen LogP) is 7.96. The molecule has 1 heterocycles. The van der Waals surface area contributed by atoms with Crippen molar-refractivity contribution in [3.63, 3.8) is 0 Å². The number of hydrogen-bond donors (Lipinski definition) is 0. The van der Waals surface area contributed by atoms with Crippen LogP contribution in [0.25, 0.3) is 0 Å². The summed E-state index contributed by atoms with van der Waals surface area (Å²) in [5.41, 5.74) is 0. The third kappa shape index (κ3) is 21.6. The third-order valence-corrected chi connectivity index (χ3v) is 7.66. The summed E-state index contributed by atoms with van der Waals surface area (Å²) in [5.74, 6) is 0. The molecule has 0 aliphatic heterocycles. The van der Waals surface area contributed by atoms with Crippen LogP contribution < -0.4 is 4.57 Å². The zero-order valence-corrected chi connectivity index (χ0v) is 22.2. The van der Waals surface area contributed by atoms with Crippen molar-refractivity contribution in [2.24, 2.45) is 0 Å². The van der Waals surface area contributed by atoms with Crippen LogP contribution in [0.5, 0.6) is 0 Å². The summed E-state index contributed by atoms with van der Waals surface area (Å²) in [7, 11) is -13.2. The van der Waals surface area contributed by atoms with Crippen LogP contribution in [0.1, 0.15) is 72.6 Å². The van der Waals surface area contributed by atoms with Crippen molar-refractivity contribution in [3.8, 4) is 0 Å². The molecule has 1 rings (SSSR count). The molecule has 0 atom stereocenters. The van der Waals surface area contributed by atoms with Crippen molar-refractivity contribution in [1.82, 2.24) is 4.57 Å². The van der Waals surface area contributed by atoms with E-state index in [1.54, 1.807) is 0 Å². The number of aryl methyl sites for hydroxylation is 2.